The van der Waals surface area contributed by atoms with Crippen molar-refractivity contribution < 1.29 is 9.53 Å². The van der Waals surface area contributed by atoms with Crippen LogP contribution >= 0.6 is 0 Å². The van der Waals surface area contributed by atoms with E-state index in [2.05, 4.69) is 0 Å². The number of likely N-dealkylation sites (N-methyl/N-ethyl adjacent to an activating group) is 1. The molecule has 0 atom stereocenters. The van der Waals surface area contributed by atoms with Crippen molar-refractivity contribution in [2.45, 2.75) is 57.0 Å². The quantitative estimate of drug-likeness (QED) is 0.360. The van der Waals surface area contributed by atoms with E-state index in [4.69, 9.17) is 21.3 Å². The summed E-state index contributed by atoms with van der Waals surface area (Å²) in [5.74, 6) is 6.97. The van der Waals surface area contributed by atoms with E-state index in [1.807, 2.05) is 12.1 Å². The second kappa shape index (κ2) is 7.21. The lowest BCUT2D eigenvalue weighted by Crippen LogP contribution is -2.28. The van der Waals surface area contributed by atoms with E-state index in [1.165, 1.54) is 24.3 Å². The van der Waals surface area contributed by atoms with Gasteiger partial charge in [0, 0.05) is 13.0 Å². The van der Waals surface area contributed by atoms with E-state index < -0.39 is 0 Å². The highest BCUT2D eigenvalue weighted by Crippen LogP contribution is 2.44. The van der Waals surface area contributed by atoms with Crippen molar-refractivity contribution in [3.63, 3.8) is 0 Å². The lowest BCUT2D eigenvalue weighted by atomic mass is 9.98. The maximum atomic E-state index is 11.2. The number of aromatic nitrogens is 1. The molecule has 6 nitrogen and oxygen atoms in total. The molecule has 24 heavy (non-hydrogen) atoms. The van der Waals surface area contributed by atoms with Crippen molar-refractivity contribution in [1.82, 2.24) is 9.99 Å². The average molecular weight is 330 g/mol. The van der Waals surface area contributed by atoms with Crippen LogP contribution in [0.25, 0.3) is 5.70 Å². The van der Waals surface area contributed by atoms with Crippen LogP contribution in [0.2, 0.25) is 0 Å². The van der Waals surface area contributed by atoms with E-state index in [9.17, 15) is 4.79 Å². The molecule has 2 aliphatic carbocycles. The Morgan fingerprint density at radius 2 is 1.96 bits per heavy atom. The molecule has 0 unspecified atom stereocenters. The molecule has 2 saturated carbocycles. The third kappa shape index (κ3) is 3.70. The van der Waals surface area contributed by atoms with Crippen molar-refractivity contribution in [2.24, 2.45) is 11.6 Å². The van der Waals surface area contributed by atoms with Gasteiger partial charge in [0.2, 0.25) is 0 Å². The van der Waals surface area contributed by atoms with E-state index >= 15 is 0 Å². The van der Waals surface area contributed by atoms with Crippen molar-refractivity contribution >= 4 is 12.0 Å². The summed E-state index contributed by atoms with van der Waals surface area (Å²) in [6.07, 6.45) is 9.18. The molecule has 0 radical (unpaired) electrons. The topological polar surface area (TPSA) is 94.5 Å². The summed E-state index contributed by atoms with van der Waals surface area (Å²) in [4.78, 5) is 15.9. The van der Waals surface area contributed by atoms with Crippen LogP contribution in [0.5, 0.6) is 5.75 Å². The molecule has 6 heteroatoms. The number of hydrogen-bond donors (Lipinski definition) is 2. The fraction of sp³-hybridized carbons (Fsp3) is 0.556. The number of nitrogens with two attached hydrogens (primary N) is 2. The van der Waals surface area contributed by atoms with Crippen LogP contribution in [0, 0.1) is 0 Å². The Hall–Kier alpha value is -2.08. The largest absolute Gasteiger partial charge is 0.489 e. The summed E-state index contributed by atoms with van der Waals surface area (Å²) >= 11 is 0. The van der Waals surface area contributed by atoms with Gasteiger partial charge in [0.1, 0.15) is 11.4 Å². The van der Waals surface area contributed by atoms with Gasteiger partial charge in [-0.05, 0) is 50.7 Å². The van der Waals surface area contributed by atoms with Gasteiger partial charge in [-0.3, -0.25) is 4.79 Å². The minimum Gasteiger partial charge on any atom is -0.489 e. The Balaban J connectivity index is 1.88. The van der Waals surface area contributed by atoms with Gasteiger partial charge in [-0.2, -0.15) is 0 Å². The van der Waals surface area contributed by atoms with E-state index in [-0.39, 0.29) is 11.8 Å². The van der Waals surface area contributed by atoms with E-state index in [1.54, 1.807) is 7.05 Å². The number of nitrogens with zero attached hydrogens (tertiary/aromatic N) is 2. The molecule has 1 heterocycles. The third-order valence-electron chi connectivity index (χ3n) is 4.74. The minimum absolute atomic E-state index is 0.227. The van der Waals surface area contributed by atoms with Gasteiger partial charge in [0.25, 0.3) is 0 Å². The lowest BCUT2D eigenvalue weighted by molar-refractivity contribution is -0.106. The summed E-state index contributed by atoms with van der Waals surface area (Å²) < 4.78 is 6.23. The molecule has 4 N–H and O–H groups in total. The predicted octanol–water partition coefficient (Wildman–Crippen LogP) is 2.30. The van der Waals surface area contributed by atoms with Gasteiger partial charge in [-0.1, -0.05) is 6.42 Å². The van der Waals surface area contributed by atoms with Crippen molar-refractivity contribution in [3.8, 4) is 5.75 Å². The maximum Gasteiger partial charge on any atom is 0.169 e. The smallest absolute Gasteiger partial charge is 0.169 e. The van der Waals surface area contributed by atoms with E-state index in [0.29, 0.717) is 23.6 Å². The normalized spacial score (nSPS) is 19.6. The molecule has 1 aromatic heterocycles. The van der Waals surface area contributed by atoms with Crippen LogP contribution in [-0.4, -0.2) is 29.4 Å². The van der Waals surface area contributed by atoms with Crippen LogP contribution in [-0.2, 0) is 4.79 Å². The number of aldehydes is 1. The Morgan fingerprint density at radius 3 is 2.54 bits per heavy atom. The van der Waals surface area contributed by atoms with Gasteiger partial charge < -0.3 is 15.5 Å². The first-order valence-electron chi connectivity index (χ1n) is 8.71. The molecule has 0 aliphatic heterocycles. The zero-order valence-electron chi connectivity index (χ0n) is 14.2. The molecule has 0 spiro atoms. The first kappa shape index (κ1) is 16.8. The molecular weight excluding hydrogens is 304 g/mol. The number of rotatable bonds is 6. The fourth-order valence-corrected chi connectivity index (χ4v) is 3.19. The summed E-state index contributed by atoms with van der Waals surface area (Å²) in [6.45, 7) is 0. The molecule has 130 valence electrons. The van der Waals surface area contributed by atoms with Crippen molar-refractivity contribution in [1.29, 1.82) is 0 Å². The van der Waals surface area contributed by atoms with Crippen LogP contribution in [0.1, 0.15) is 62.3 Å². The molecule has 2 aliphatic rings. The predicted molar refractivity (Wildman–Crippen MR) is 92.8 cm³/mol. The average Bonchev–Trinajstić information content (AvgIpc) is 3.41. The standard InChI is InChI=1S/C18H26N4O2/c1-22(20)15(11-23)17(19)14-9-10-16(18(21-14)12-7-8-12)24-13-5-3-2-4-6-13/h9-13H,2-8,19-20H2,1H3/b17-15-. The molecular formula is C18H26N4O2. The van der Waals surface area contributed by atoms with Gasteiger partial charge in [-0.25, -0.2) is 10.8 Å². The van der Waals surface area contributed by atoms with Crippen LogP contribution in [0.3, 0.4) is 0 Å². The fourth-order valence-electron chi connectivity index (χ4n) is 3.19. The van der Waals surface area contributed by atoms with Gasteiger partial charge in [0.05, 0.1) is 23.2 Å². The number of allylic oxidation sites excluding steroid dienone is 1. The lowest BCUT2D eigenvalue weighted by Gasteiger charge is -2.24. The molecule has 0 aromatic carbocycles. The van der Waals surface area contributed by atoms with Gasteiger partial charge in [0.15, 0.2) is 6.29 Å². The number of pyridine rings is 1. The van der Waals surface area contributed by atoms with Gasteiger partial charge in [-0.15, -0.1) is 0 Å². The summed E-state index contributed by atoms with van der Waals surface area (Å²) in [6, 6.07) is 3.75. The highest BCUT2D eigenvalue weighted by Gasteiger charge is 2.30. The molecule has 0 saturated heterocycles. The van der Waals surface area contributed by atoms with Crippen LogP contribution < -0.4 is 16.3 Å². The molecule has 0 amide bonds. The number of carbonyl (C=O) groups excluding carboxylic acids is 1. The number of carbonyl (C=O) groups is 1. The first-order chi connectivity index (χ1) is 11.6. The summed E-state index contributed by atoms with van der Waals surface area (Å²) in [5, 5.41) is 1.22. The molecule has 1 aromatic rings. The van der Waals surface area contributed by atoms with Crippen molar-refractivity contribution in [3.05, 3.63) is 29.2 Å². The Kier molecular flexibility index (Phi) is 5.04. The Bertz CT molecular complexity index is 632. The zero-order chi connectivity index (χ0) is 17.1. The number of ether oxygens (including phenoxy) is 1. The zero-order valence-corrected chi connectivity index (χ0v) is 14.2. The number of hydrogen-bond acceptors (Lipinski definition) is 6. The highest BCUT2D eigenvalue weighted by molar-refractivity contribution is 5.85. The first-order valence-corrected chi connectivity index (χ1v) is 8.71. The van der Waals surface area contributed by atoms with Gasteiger partial charge >= 0.3 is 0 Å². The Morgan fingerprint density at radius 1 is 1.25 bits per heavy atom. The van der Waals surface area contributed by atoms with Crippen LogP contribution in [0.4, 0.5) is 0 Å². The summed E-state index contributed by atoms with van der Waals surface area (Å²) in [5.41, 5.74) is 8.16. The highest BCUT2D eigenvalue weighted by atomic mass is 16.5. The summed E-state index contributed by atoms with van der Waals surface area (Å²) in [7, 11) is 1.58. The molecule has 0 bridgehead atoms. The Labute approximate surface area is 142 Å². The maximum absolute atomic E-state index is 11.2. The second-order valence-electron chi connectivity index (χ2n) is 6.76. The molecule has 2 fully saturated rings. The van der Waals surface area contributed by atoms with Crippen molar-refractivity contribution in [2.75, 3.05) is 7.05 Å². The molecule has 3 rings (SSSR count). The number of hydrazine groups is 1. The monoisotopic (exact) mass is 330 g/mol. The SMILES string of the molecule is CN(N)/C(C=O)=C(\N)c1ccc(OC2CCCCC2)c(C2CC2)n1. The van der Waals surface area contributed by atoms with Crippen LogP contribution in [0.15, 0.2) is 17.8 Å². The van der Waals surface area contributed by atoms with E-state index in [0.717, 1.165) is 37.1 Å². The minimum atomic E-state index is 0.227. The second-order valence-corrected chi connectivity index (χ2v) is 6.76. The third-order valence-corrected chi connectivity index (χ3v) is 4.74.